The molecule has 0 amide bonds. The number of furan rings is 2. The molecule has 4 aromatic heterocycles. The van der Waals surface area contributed by atoms with Crippen molar-refractivity contribution in [3.63, 3.8) is 0 Å². The summed E-state index contributed by atoms with van der Waals surface area (Å²) in [6.45, 7) is 0. The molecule has 0 aliphatic heterocycles. The molecule has 0 aliphatic carbocycles. The summed E-state index contributed by atoms with van der Waals surface area (Å²) in [7, 11) is -3.51. The number of rotatable bonds is 7. The van der Waals surface area contributed by atoms with Gasteiger partial charge in [-0.15, -0.1) is 0 Å². The summed E-state index contributed by atoms with van der Waals surface area (Å²) >= 11 is 0. The van der Waals surface area contributed by atoms with E-state index in [0.29, 0.717) is 61.5 Å². The number of aromatic nitrogens is 5. The normalized spacial score (nSPS) is 11.8. The molecule has 0 saturated carbocycles. The highest BCUT2D eigenvalue weighted by molar-refractivity contribution is 7.86. The lowest BCUT2D eigenvalue weighted by molar-refractivity contribution is 0.590. The first-order valence-electron chi connectivity index (χ1n) is 15.7. The minimum absolute atomic E-state index is 0.417. The average Bonchev–Trinajstić information content (AvgIpc) is 3.91. The van der Waals surface area contributed by atoms with Crippen molar-refractivity contribution in [3.8, 4) is 40.0 Å². The van der Waals surface area contributed by atoms with Crippen LogP contribution in [-0.4, -0.2) is 24.5 Å². The van der Waals surface area contributed by atoms with E-state index >= 15 is 4.57 Å². The lowest BCUT2D eigenvalue weighted by Gasteiger charge is -2.19. The third-order valence-electron chi connectivity index (χ3n) is 8.55. The molecule has 49 heavy (non-hydrogen) atoms. The Morgan fingerprint density at radius 2 is 1.16 bits per heavy atom. The molecule has 8 nitrogen and oxygen atoms in total. The van der Waals surface area contributed by atoms with Gasteiger partial charge in [-0.3, -0.25) is 4.57 Å². The number of fused-ring (bicyclic) bond motifs is 2. The van der Waals surface area contributed by atoms with E-state index < -0.39 is 7.14 Å². The van der Waals surface area contributed by atoms with Crippen molar-refractivity contribution in [3.05, 3.63) is 158 Å². The molecule has 234 valence electrons. The van der Waals surface area contributed by atoms with E-state index in [1.807, 2.05) is 144 Å². The monoisotopic (exact) mass is 655 g/mol. The molecule has 0 bridgehead atoms. The summed E-state index contributed by atoms with van der Waals surface area (Å²) in [5.74, 6) is 1.94. The molecule has 5 aromatic carbocycles. The minimum atomic E-state index is -3.51. The Morgan fingerprint density at radius 3 is 1.76 bits per heavy atom. The minimum Gasteiger partial charge on any atom is -0.460 e. The highest BCUT2D eigenvalue weighted by atomic mass is 31.2. The van der Waals surface area contributed by atoms with Crippen molar-refractivity contribution >= 4 is 45.3 Å². The fourth-order valence-corrected chi connectivity index (χ4v) is 9.15. The van der Waals surface area contributed by atoms with Gasteiger partial charge in [0.05, 0.1) is 17.3 Å². The van der Waals surface area contributed by atoms with Crippen LogP contribution in [0, 0.1) is 0 Å². The molecular formula is C40H26N5O3P. The molecule has 4 heterocycles. The van der Waals surface area contributed by atoms with Crippen LogP contribution in [0.15, 0.2) is 167 Å². The number of hydrogen-bond acceptors (Lipinski definition) is 7. The number of para-hydroxylation sites is 1. The van der Waals surface area contributed by atoms with Gasteiger partial charge in [0, 0.05) is 33.4 Å². The maximum Gasteiger partial charge on any atom is 0.239 e. The second-order valence-electron chi connectivity index (χ2n) is 11.5. The van der Waals surface area contributed by atoms with Gasteiger partial charge in [0.2, 0.25) is 5.95 Å². The van der Waals surface area contributed by atoms with Crippen molar-refractivity contribution in [1.29, 1.82) is 0 Å². The Balaban J connectivity index is 1.27. The average molecular weight is 656 g/mol. The molecule has 0 fully saturated rings. The number of benzene rings is 5. The third-order valence-corrected chi connectivity index (χ3v) is 11.6. The molecule has 0 N–H and O–H groups in total. The van der Waals surface area contributed by atoms with Gasteiger partial charge >= 0.3 is 0 Å². The third kappa shape index (κ3) is 4.81. The zero-order chi connectivity index (χ0) is 32.8. The second kappa shape index (κ2) is 11.7. The van der Waals surface area contributed by atoms with Crippen molar-refractivity contribution in [2.45, 2.75) is 0 Å². The van der Waals surface area contributed by atoms with Crippen molar-refractivity contribution < 1.29 is 13.4 Å². The summed E-state index contributed by atoms with van der Waals surface area (Å²) in [5.41, 5.74) is 4.74. The Labute approximate surface area is 280 Å². The topological polar surface area (TPSA) is 99.8 Å². The van der Waals surface area contributed by atoms with Gasteiger partial charge in [-0.1, -0.05) is 127 Å². The lowest BCUT2D eigenvalue weighted by Crippen LogP contribution is -2.25. The molecule has 0 atom stereocenters. The van der Waals surface area contributed by atoms with E-state index in [4.69, 9.17) is 28.8 Å². The van der Waals surface area contributed by atoms with Crippen molar-refractivity contribution in [2.24, 2.45) is 0 Å². The van der Waals surface area contributed by atoms with E-state index in [1.165, 1.54) is 0 Å². The zero-order valence-corrected chi connectivity index (χ0v) is 26.8. The van der Waals surface area contributed by atoms with Gasteiger partial charge in [0.15, 0.2) is 35.7 Å². The van der Waals surface area contributed by atoms with Crippen LogP contribution in [0.4, 0.5) is 0 Å². The summed E-state index contributed by atoms with van der Waals surface area (Å²) in [4.78, 5) is 19.5. The van der Waals surface area contributed by atoms with Crippen LogP contribution in [0.5, 0.6) is 0 Å². The van der Waals surface area contributed by atoms with Gasteiger partial charge in [-0.2, -0.15) is 9.97 Å². The smallest absolute Gasteiger partial charge is 0.239 e. The molecular weight excluding hydrogens is 629 g/mol. The van der Waals surface area contributed by atoms with E-state index in [1.54, 1.807) is 18.7 Å². The number of nitrogens with zero attached hydrogens (tertiary/aromatic N) is 5. The standard InChI is InChI=1S/C40H26N5O3P/c46-49(29-18-9-3-10-19-29,30-20-11-4-12-21-30)37-35(48-33-24-25-47-36(33)37)31-22-13-23-32-34(31)41-26-45(32)40-43-38(27-14-5-1-6-15-27)42-39(44-40)28-16-7-2-8-17-28/h1-26H. The van der Waals surface area contributed by atoms with Crippen LogP contribution in [-0.2, 0) is 4.57 Å². The molecule has 0 saturated heterocycles. The molecule has 9 aromatic rings. The first-order chi connectivity index (χ1) is 24.2. The summed E-state index contributed by atoms with van der Waals surface area (Å²) in [5, 5.41) is 1.84. The summed E-state index contributed by atoms with van der Waals surface area (Å²) in [6, 6.07) is 46.2. The first kappa shape index (κ1) is 28.8. The molecule has 9 rings (SSSR count). The largest absolute Gasteiger partial charge is 0.460 e. The molecule has 0 unspecified atom stereocenters. The van der Waals surface area contributed by atoms with Crippen LogP contribution in [0.2, 0.25) is 0 Å². The van der Waals surface area contributed by atoms with E-state index in [2.05, 4.69) is 0 Å². The van der Waals surface area contributed by atoms with Crippen LogP contribution in [0.25, 0.3) is 62.2 Å². The maximum absolute atomic E-state index is 15.7. The maximum atomic E-state index is 15.7. The fourth-order valence-electron chi connectivity index (χ4n) is 6.25. The van der Waals surface area contributed by atoms with Crippen LogP contribution < -0.4 is 15.9 Å². The van der Waals surface area contributed by atoms with E-state index in [-0.39, 0.29) is 0 Å². The quantitative estimate of drug-likeness (QED) is 0.160. The Hall–Kier alpha value is -6.37. The molecule has 9 heteroatoms. The lowest BCUT2D eigenvalue weighted by atomic mass is 10.1. The second-order valence-corrected chi connectivity index (χ2v) is 14.2. The predicted molar refractivity (Wildman–Crippen MR) is 192 cm³/mol. The van der Waals surface area contributed by atoms with Crippen molar-refractivity contribution in [2.75, 3.05) is 0 Å². The van der Waals surface area contributed by atoms with Crippen LogP contribution in [0.3, 0.4) is 0 Å². The van der Waals surface area contributed by atoms with Gasteiger partial charge < -0.3 is 13.4 Å². The Bertz CT molecular complexity index is 2530. The zero-order valence-electron chi connectivity index (χ0n) is 25.9. The highest BCUT2D eigenvalue weighted by Crippen LogP contribution is 2.49. The van der Waals surface area contributed by atoms with E-state index in [0.717, 1.165) is 16.6 Å². The van der Waals surface area contributed by atoms with Gasteiger partial charge in [-0.25, -0.2) is 9.97 Å². The van der Waals surface area contributed by atoms with Gasteiger partial charge in [0.1, 0.15) is 11.6 Å². The number of hydrogen-bond donors (Lipinski definition) is 0. The first-order valence-corrected chi connectivity index (χ1v) is 17.4. The van der Waals surface area contributed by atoms with Crippen LogP contribution in [0.1, 0.15) is 0 Å². The fraction of sp³-hybridized carbons (Fsp3) is 0. The predicted octanol–water partition coefficient (Wildman–Crippen LogP) is 8.19. The van der Waals surface area contributed by atoms with Crippen molar-refractivity contribution in [1.82, 2.24) is 24.5 Å². The SMILES string of the molecule is O=P(c1ccccc1)(c1ccccc1)c1c(-c2cccc3c2ncn3-c2nc(-c3ccccc3)nc(-c3ccccc3)n2)oc2ccoc12. The molecule has 0 radical (unpaired) electrons. The molecule has 0 spiro atoms. The Kier molecular flexibility index (Phi) is 6.88. The highest BCUT2D eigenvalue weighted by Gasteiger charge is 2.39. The number of imidazole rings is 1. The summed E-state index contributed by atoms with van der Waals surface area (Å²) < 4.78 is 30.1. The Morgan fingerprint density at radius 1 is 0.592 bits per heavy atom. The molecule has 0 aliphatic rings. The van der Waals surface area contributed by atoms with Gasteiger partial charge in [0.25, 0.3) is 0 Å². The van der Waals surface area contributed by atoms with Crippen LogP contribution >= 0.6 is 7.14 Å². The van der Waals surface area contributed by atoms with Gasteiger partial charge in [-0.05, 0) is 12.1 Å². The van der Waals surface area contributed by atoms with E-state index in [9.17, 15) is 0 Å². The summed E-state index contributed by atoms with van der Waals surface area (Å²) in [6.07, 6.45) is 3.26.